The molecule has 0 bridgehead atoms. The average Bonchev–Trinajstić information content (AvgIpc) is 2.28. The summed E-state index contributed by atoms with van der Waals surface area (Å²) in [6.45, 7) is 2.88. The van der Waals surface area contributed by atoms with E-state index in [1.807, 2.05) is 4.98 Å². The van der Waals surface area contributed by atoms with Crippen molar-refractivity contribution in [2.75, 3.05) is 6.61 Å². The second kappa shape index (κ2) is 5.25. The van der Waals surface area contributed by atoms with E-state index in [2.05, 4.69) is 4.74 Å². The summed E-state index contributed by atoms with van der Waals surface area (Å²) in [5, 5.41) is 10.6. The van der Waals surface area contributed by atoms with Crippen LogP contribution in [-0.2, 0) is 9.53 Å². The molecule has 9 heteroatoms. The number of nitro groups is 1. The maximum absolute atomic E-state index is 11.7. The maximum atomic E-state index is 11.7. The lowest BCUT2D eigenvalue weighted by molar-refractivity contribution is -0.386. The molecule has 1 atom stereocenters. The van der Waals surface area contributed by atoms with Gasteiger partial charge in [0.2, 0.25) is 0 Å². The van der Waals surface area contributed by atoms with Crippen LogP contribution in [0.15, 0.2) is 15.8 Å². The zero-order valence-corrected chi connectivity index (χ0v) is 9.71. The van der Waals surface area contributed by atoms with Gasteiger partial charge in [0.15, 0.2) is 0 Å². The molecule has 1 rings (SSSR count). The summed E-state index contributed by atoms with van der Waals surface area (Å²) < 4.78 is 5.10. The van der Waals surface area contributed by atoms with Crippen LogP contribution in [0.5, 0.6) is 0 Å². The van der Waals surface area contributed by atoms with Crippen molar-refractivity contribution in [3.05, 3.63) is 37.1 Å². The molecule has 1 aromatic heterocycles. The number of nitrogens with zero attached hydrogens (tertiary/aromatic N) is 2. The van der Waals surface area contributed by atoms with Crippen molar-refractivity contribution in [3.63, 3.8) is 0 Å². The minimum Gasteiger partial charge on any atom is -0.464 e. The fourth-order valence-electron chi connectivity index (χ4n) is 1.33. The molecule has 0 radical (unpaired) electrons. The number of esters is 1. The van der Waals surface area contributed by atoms with Crippen LogP contribution in [0.3, 0.4) is 0 Å². The highest BCUT2D eigenvalue weighted by Gasteiger charge is 2.25. The highest BCUT2D eigenvalue weighted by atomic mass is 16.6. The maximum Gasteiger partial charge on any atom is 0.350 e. The van der Waals surface area contributed by atoms with Crippen molar-refractivity contribution >= 4 is 11.7 Å². The van der Waals surface area contributed by atoms with Crippen molar-refractivity contribution in [1.82, 2.24) is 9.55 Å². The van der Waals surface area contributed by atoms with Crippen molar-refractivity contribution in [2.24, 2.45) is 0 Å². The van der Waals surface area contributed by atoms with Crippen molar-refractivity contribution in [1.29, 1.82) is 0 Å². The first-order chi connectivity index (χ1) is 8.40. The number of aromatic nitrogens is 2. The van der Waals surface area contributed by atoms with E-state index in [1.165, 1.54) is 6.92 Å². The Labute approximate surface area is 100 Å². The van der Waals surface area contributed by atoms with Gasteiger partial charge in [0, 0.05) is 0 Å². The Balaban J connectivity index is 3.36. The summed E-state index contributed by atoms with van der Waals surface area (Å²) >= 11 is 0. The third kappa shape index (κ3) is 2.44. The fraction of sp³-hybridized carbons (Fsp3) is 0.444. The Morgan fingerprint density at radius 3 is 2.72 bits per heavy atom. The molecule has 1 aromatic rings. The minimum atomic E-state index is -1.24. The van der Waals surface area contributed by atoms with Crippen LogP contribution in [0, 0.1) is 10.1 Å². The topological polar surface area (TPSA) is 124 Å². The third-order valence-corrected chi connectivity index (χ3v) is 2.20. The van der Waals surface area contributed by atoms with Gasteiger partial charge in [-0.3, -0.25) is 14.9 Å². The normalized spacial score (nSPS) is 11.9. The zero-order chi connectivity index (χ0) is 13.9. The van der Waals surface area contributed by atoms with Gasteiger partial charge in [-0.05, 0) is 13.8 Å². The van der Waals surface area contributed by atoms with Crippen LogP contribution in [0.25, 0.3) is 0 Å². The predicted molar refractivity (Wildman–Crippen MR) is 59.3 cm³/mol. The number of rotatable bonds is 4. The highest BCUT2D eigenvalue weighted by molar-refractivity contribution is 5.73. The number of H-pyrrole nitrogens is 1. The lowest BCUT2D eigenvalue weighted by Gasteiger charge is -2.11. The Bertz CT molecular complexity index is 587. The highest BCUT2D eigenvalue weighted by Crippen LogP contribution is 2.05. The number of aromatic amines is 1. The number of carbonyl (C=O) groups is 1. The van der Waals surface area contributed by atoms with Gasteiger partial charge in [0.05, 0.1) is 17.7 Å². The predicted octanol–water partition coefficient (Wildman–Crippen LogP) is -0.431. The van der Waals surface area contributed by atoms with Gasteiger partial charge in [-0.2, -0.15) is 0 Å². The van der Waals surface area contributed by atoms with Gasteiger partial charge < -0.3 is 9.72 Å². The van der Waals surface area contributed by atoms with E-state index >= 15 is 0 Å². The molecule has 0 fully saturated rings. The SMILES string of the molecule is CCOC(=O)C(C)n1c(=O)[nH]cc([N+](=O)[O-])c1=O. The average molecular weight is 257 g/mol. The largest absolute Gasteiger partial charge is 0.464 e. The van der Waals surface area contributed by atoms with Gasteiger partial charge in [-0.15, -0.1) is 0 Å². The van der Waals surface area contributed by atoms with Crippen molar-refractivity contribution in [3.8, 4) is 0 Å². The molecule has 0 aliphatic carbocycles. The molecule has 1 N–H and O–H groups in total. The molecule has 1 heterocycles. The Hall–Kier alpha value is -2.45. The molecule has 0 aromatic carbocycles. The fourth-order valence-corrected chi connectivity index (χ4v) is 1.33. The van der Waals surface area contributed by atoms with Crippen LogP contribution >= 0.6 is 0 Å². The van der Waals surface area contributed by atoms with Crippen molar-refractivity contribution in [2.45, 2.75) is 19.9 Å². The van der Waals surface area contributed by atoms with E-state index in [1.54, 1.807) is 6.92 Å². The van der Waals surface area contributed by atoms with Crippen LogP contribution in [0.1, 0.15) is 19.9 Å². The Morgan fingerprint density at radius 1 is 1.61 bits per heavy atom. The molecule has 0 aliphatic heterocycles. The monoisotopic (exact) mass is 257 g/mol. The number of nitrogens with one attached hydrogen (secondary N) is 1. The van der Waals surface area contributed by atoms with Gasteiger partial charge in [0.25, 0.3) is 0 Å². The molecule has 98 valence electrons. The molecule has 0 spiro atoms. The van der Waals surface area contributed by atoms with Gasteiger partial charge in [0.1, 0.15) is 6.04 Å². The smallest absolute Gasteiger partial charge is 0.350 e. The Morgan fingerprint density at radius 2 is 2.22 bits per heavy atom. The number of ether oxygens (including phenoxy) is 1. The molecule has 0 aliphatic rings. The van der Waals surface area contributed by atoms with E-state index in [0.717, 1.165) is 0 Å². The van der Waals surface area contributed by atoms with Crippen LogP contribution in [0.4, 0.5) is 5.69 Å². The van der Waals surface area contributed by atoms with Gasteiger partial charge in [-0.25, -0.2) is 14.2 Å². The first-order valence-corrected chi connectivity index (χ1v) is 5.05. The second-order valence-electron chi connectivity index (χ2n) is 3.34. The van der Waals surface area contributed by atoms with Gasteiger partial charge in [-0.1, -0.05) is 0 Å². The van der Waals surface area contributed by atoms with Crippen LogP contribution in [-0.4, -0.2) is 27.1 Å². The van der Waals surface area contributed by atoms with E-state index < -0.39 is 33.9 Å². The first-order valence-electron chi connectivity index (χ1n) is 5.05. The lowest BCUT2D eigenvalue weighted by Crippen LogP contribution is -2.40. The zero-order valence-electron chi connectivity index (χ0n) is 9.71. The molecule has 0 saturated heterocycles. The summed E-state index contributed by atoms with van der Waals surface area (Å²) in [5.41, 5.74) is -2.87. The van der Waals surface area contributed by atoms with Gasteiger partial charge >= 0.3 is 22.9 Å². The van der Waals surface area contributed by atoms with Crippen LogP contribution in [0.2, 0.25) is 0 Å². The summed E-state index contributed by atoms with van der Waals surface area (Å²) in [6, 6.07) is -1.24. The van der Waals surface area contributed by atoms with E-state index in [9.17, 15) is 24.5 Å². The molecule has 1 unspecified atom stereocenters. The number of hydrogen-bond acceptors (Lipinski definition) is 6. The minimum absolute atomic E-state index is 0.0742. The molecule has 18 heavy (non-hydrogen) atoms. The van der Waals surface area contributed by atoms with Crippen molar-refractivity contribution < 1.29 is 14.5 Å². The summed E-state index contributed by atoms with van der Waals surface area (Å²) in [4.78, 5) is 46.2. The summed E-state index contributed by atoms with van der Waals surface area (Å²) in [6.07, 6.45) is 0.693. The molecule has 9 nitrogen and oxygen atoms in total. The molecular weight excluding hydrogens is 246 g/mol. The quantitative estimate of drug-likeness (QED) is 0.443. The lowest BCUT2D eigenvalue weighted by atomic mass is 10.3. The Kier molecular flexibility index (Phi) is 3.97. The molecule has 0 amide bonds. The first kappa shape index (κ1) is 13.6. The second-order valence-corrected chi connectivity index (χ2v) is 3.34. The third-order valence-electron chi connectivity index (χ3n) is 2.20. The molecular formula is C9H11N3O6. The molecule has 0 saturated carbocycles. The van der Waals surface area contributed by atoms with E-state index in [0.29, 0.717) is 10.8 Å². The van der Waals surface area contributed by atoms with E-state index in [-0.39, 0.29) is 6.61 Å². The standard InChI is InChI=1S/C9H11N3O6/c1-3-18-8(14)5(2)11-7(13)6(12(16)17)4-10-9(11)15/h4-5H,3H2,1-2H3,(H,10,15). The number of hydrogen-bond donors (Lipinski definition) is 1. The summed E-state index contributed by atoms with van der Waals surface area (Å²) in [7, 11) is 0. The summed E-state index contributed by atoms with van der Waals surface area (Å²) in [5.74, 6) is -0.814. The number of carbonyl (C=O) groups excluding carboxylic acids is 1. The van der Waals surface area contributed by atoms with Crippen LogP contribution < -0.4 is 11.2 Å². The van der Waals surface area contributed by atoms with E-state index in [4.69, 9.17) is 0 Å².